The average Bonchev–Trinajstić information content (AvgIpc) is 3.10. The smallest absolute Gasteiger partial charge is 0.381 e. The maximum absolute atomic E-state index is 6.20. The van der Waals surface area contributed by atoms with Gasteiger partial charge in [-0.3, -0.25) is 0 Å². The molecule has 2 atom stereocenters. The zero-order chi connectivity index (χ0) is 34.5. The molecule has 1 aliphatic carbocycles. The summed E-state index contributed by atoms with van der Waals surface area (Å²) in [6.07, 6.45) is 6.55. The number of fused-ring (bicyclic) bond motifs is 7. The van der Waals surface area contributed by atoms with Gasteiger partial charge in [-0.15, -0.1) is 0 Å². The van der Waals surface area contributed by atoms with Crippen LogP contribution in [0.1, 0.15) is 40.5 Å². The fourth-order valence-corrected chi connectivity index (χ4v) is 10.9. The predicted octanol–water partition coefficient (Wildman–Crippen LogP) is 10.0. The van der Waals surface area contributed by atoms with Crippen molar-refractivity contribution in [2.45, 2.75) is 52.7 Å². The topological polar surface area (TPSA) is 36.9 Å². The Bertz CT molecular complexity index is 2520. The van der Waals surface area contributed by atoms with Crippen LogP contribution in [-0.2, 0) is 18.0 Å². The maximum atomic E-state index is 6.20. The first-order chi connectivity index (χ1) is 24.3. The quantitative estimate of drug-likeness (QED) is 0.101. The van der Waals surface area contributed by atoms with E-state index in [4.69, 9.17) is 18.0 Å². The molecule has 7 aromatic carbocycles. The highest BCUT2D eigenvalue weighted by Crippen LogP contribution is 2.37. The van der Waals surface area contributed by atoms with Crippen molar-refractivity contribution >= 4 is 85.6 Å². The normalized spacial score (nSPS) is 17.1. The summed E-state index contributed by atoms with van der Waals surface area (Å²) < 4.78 is 24.7. The summed E-state index contributed by atoms with van der Waals surface area (Å²) in [7, 11) is -0.938. The fourth-order valence-electron chi connectivity index (χ4n) is 8.33. The second-order valence-corrected chi connectivity index (χ2v) is 16.9. The Balaban J connectivity index is 1.16. The van der Waals surface area contributed by atoms with Crippen LogP contribution in [0.25, 0.3) is 76.8 Å². The average molecular weight is 679 g/mol. The minimum Gasteiger partial charge on any atom is -0.381 e. The summed E-state index contributed by atoms with van der Waals surface area (Å²) in [6.45, 7) is 10.1. The Morgan fingerprint density at radius 1 is 0.560 bits per heavy atom. The predicted molar refractivity (Wildman–Crippen MR) is 213 cm³/mol. The van der Waals surface area contributed by atoms with Crippen molar-refractivity contribution in [1.82, 2.24) is 0 Å². The zero-order valence-electron chi connectivity index (χ0n) is 29.8. The molecular weight excluding hydrogens is 633 g/mol. The molecule has 0 saturated carbocycles. The van der Waals surface area contributed by atoms with Gasteiger partial charge in [0.25, 0.3) is 0 Å². The minimum absolute atomic E-state index is 0.00414. The van der Waals surface area contributed by atoms with E-state index in [1.54, 1.807) is 0 Å². The van der Waals surface area contributed by atoms with Crippen LogP contribution in [0.2, 0.25) is 6.04 Å². The van der Waals surface area contributed by atoms with Gasteiger partial charge in [0.1, 0.15) is 0 Å². The molecule has 4 nitrogen and oxygen atoms in total. The summed E-state index contributed by atoms with van der Waals surface area (Å²) in [5, 5.41) is 17.8. The third-order valence-corrected chi connectivity index (χ3v) is 13.9. The van der Waals surface area contributed by atoms with E-state index in [1.165, 1.54) is 75.1 Å². The molecular formula is C45H46O4Si. The van der Waals surface area contributed by atoms with E-state index in [-0.39, 0.29) is 11.5 Å². The first-order valence-electron chi connectivity index (χ1n) is 18.2. The molecule has 0 aliphatic heterocycles. The van der Waals surface area contributed by atoms with E-state index in [2.05, 4.69) is 116 Å². The van der Waals surface area contributed by atoms with Crippen molar-refractivity contribution in [3.8, 4) is 0 Å². The molecule has 0 aromatic heterocycles. The van der Waals surface area contributed by atoms with Crippen molar-refractivity contribution in [2.75, 3.05) is 26.9 Å². The molecule has 2 unspecified atom stereocenters. The Hall–Kier alpha value is -4.10. The second kappa shape index (κ2) is 13.2. The van der Waals surface area contributed by atoms with Crippen LogP contribution in [0.15, 0.2) is 97.1 Å². The number of hydrogen-bond donors (Lipinski definition) is 0. The first-order valence-corrected chi connectivity index (χ1v) is 20.1. The van der Waals surface area contributed by atoms with Gasteiger partial charge in [-0.05, 0) is 181 Å². The van der Waals surface area contributed by atoms with Gasteiger partial charge in [-0.25, -0.2) is 0 Å². The van der Waals surface area contributed by atoms with E-state index in [1.807, 2.05) is 27.9 Å². The van der Waals surface area contributed by atoms with E-state index >= 15 is 0 Å². The third kappa shape index (κ3) is 6.01. The molecule has 0 saturated heterocycles. The first kappa shape index (κ1) is 33.1. The van der Waals surface area contributed by atoms with Crippen molar-refractivity contribution in [2.24, 2.45) is 5.41 Å². The van der Waals surface area contributed by atoms with Crippen LogP contribution in [-0.4, -0.2) is 41.8 Å². The van der Waals surface area contributed by atoms with Crippen LogP contribution in [0.4, 0.5) is 0 Å². The molecule has 5 heteroatoms. The summed E-state index contributed by atoms with van der Waals surface area (Å²) >= 11 is 0. The number of methoxy groups -OCH3 is 1. The van der Waals surface area contributed by atoms with Crippen molar-refractivity contribution in [3.05, 3.63) is 107 Å². The SMILES string of the molecule is CCO[Si](CCC(OC)C1(C)C=c2cc3cc4cc5cc6cc7cc8ccccc8cc7cc6cc5cc4cc3cc2=CC1)(OCC)OCC. The molecule has 0 heterocycles. The van der Waals surface area contributed by atoms with Gasteiger partial charge in [0.05, 0.1) is 6.10 Å². The van der Waals surface area contributed by atoms with Gasteiger partial charge in [0, 0.05) is 38.4 Å². The van der Waals surface area contributed by atoms with E-state index in [0.717, 1.165) is 18.9 Å². The number of benzene rings is 7. The zero-order valence-corrected chi connectivity index (χ0v) is 30.8. The third-order valence-electron chi connectivity index (χ3n) is 10.8. The molecule has 0 amide bonds. The van der Waals surface area contributed by atoms with Crippen molar-refractivity contribution in [1.29, 1.82) is 0 Å². The molecule has 7 aromatic rings. The van der Waals surface area contributed by atoms with Crippen LogP contribution < -0.4 is 10.4 Å². The Kier molecular flexibility index (Phi) is 8.74. The summed E-state index contributed by atoms with van der Waals surface area (Å²) in [6, 6.07) is 37.5. The highest BCUT2D eigenvalue weighted by Gasteiger charge is 2.43. The number of rotatable bonds is 11. The number of ether oxygens (including phenoxy) is 1. The lowest BCUT2D eigenvalue weighted by Gasteiger charge is -2.37. The van der Waals surface area contributed by atoms with Crippen molar-refractivity contribution < 1.29 is 18.0 Å². The highest BCUT2D eigenvalue weighted by molar-refractivity contribution is 6.60. The Morgan fingerprint density at radius 3 is 1.34 bits per heavy atom. The lowest BCUT2D eigenvalue weighted by Crippen LogP contribution is -2.48. The van der Waals surface area contributed by atoms with E-state index in [9.17, 15) is 0 Å². The fraction of sp³-hybridized carbons (Fsp3) is 0.289. The summed E-state index contributed by atoms with van der Waals surface area (Å²) in [4.78, 5) is 0. The molecule has 0 fully saturated rings. The standard InChI is InChI=1S/C45H46O4Si/c1-6-47-50(48-7-2,49-8-3)16-14-44(46-5)45(4)15-13-32-19-35-22-38-25-39-23-36-20-33-17-30-11-9-10-12-31(30)18-34(33)21-37(36)24-40(39)26-41(38)27-42(35)28-43(32)29-45/h9-13,17-29,44H,6-8,14-16H2,1-5H3. The molecule has 254 valence electrons. The Morgan fingerprint density at radius 2 is 0.940 bits per heavy atom. The van der Waals surface area contributed by atoms with Crippen LogP contribution in [0.5, 0.6) is 0 Å². The summed E-state index contributed by atoms with van der Waals surface area (Å²) in [5.74, 6) is 0. The molecule has 0 spiro atoms. The van der Waals surface area contributed by atoms with Crippen molar-refractivity contribution in [3.63, 3.8) is 0 Å². The molecule has 0 N–H and O–H groups in total. The molecule has 1 aliphatic rings. The Labute approximate surface area is 295 Å². The van der Waals surface area contributed by atoms with Gasteiger partial charge in [-0.2, -0.15) is 0 Å². The van der Waals surface area contributed by atoms with Gasteiger partial charge < -0.3 is 18.0 Å². The van der Waals surface area contributed by atoms with E-state index < -0.39 is 8.80 Å². The second-order valence-electron chi connectivity index (χ2n) is 14.1. The van der Waals surface area contributed by atoms with Crippen LogP contribution in [0.3, 0.4) is 0 Å². The lowest BCUT2D eigenvalue weighted by atomic mass is 9.76. The number of hydrogen-bond acceptors (Lipinski definition) is 4. The van der Waals surface area contributed by atoms with Gasteiger partial charge >= 0.3 is 8.80 Å². The minimum atomic E-state index is -2.77. The molecule has 0 radical (unpaired) electrons. The maximum Gasteiger partial charge on any atom is 0.501 e. The van der Waals surface area contributed by atoms with Gasteiger partial charge in [0.15, 0.2) is 0 Å². The molecule has 50 heavy (non-hydrogen) atoms. The highest BCUT2D eigenvalue weighted by atomic mass is 28.4. The van der Waals surface area contributed by atoms with Gasteiger partial charge in [0.2, 0.25) is 0 Å². The van der Waals surface area contributed by atoms with Crippen LogP contribution in [0, 0.1) is 5.41 Å². The van der Waals surface area contributed by atoms with E-state index in [0.29, 0.717) is 19.8 Å². The summed E-state index contributed by atoms with van der Waals surface area (Å²) in [5.41, 5.74) is -0.162. The monoisotopic (exact) mass is 678 g/mol. The molecule has 0 bridgehead atoms. The molecule has 8 rings (SSSR count). The largest absolute Gasteiger partial charge is 0.501 e. The van der Waals surface area contributed by atoms with Gasteiger partial charge in [-0.1, -0.05) is 43.3 Å². The lowest BCUT2D eigenvalue weighted by molar-refractivity contribution is 0.0196. The van der Waals surface area contributed by atoms with Crippen LogP contribution >= 0.6 is 0 Å².